The quantitative estimate of drug-likeness (QED) is 0.838. The third kappa shape index (κ3) is 3.37. The van der Waals surface area contributed by atoms with Gasteiger partial charge in [-0.15, -0.1) is 0 Å². The molecule has 0 saturated carbocycles. The van der Waals surface area contributed by atoms with Gasteiger partial charge in [-0.05, 0) is 76.3 Å². The second kappa shape index (κ2) is 7.45. The molecular weight excluding hydrogens is 370 g/mol. The van der Waals surface area contributed by atoms with Crippen LogP contribution in [-0.4, -0.2) is 27.9 Å². The third-order valence-corrected chi connectivity index (χ3v) is 5.08. The summed E-state index contributed by atoms with van der Waals surface area (Å²) in [5.74, 6) is 2.42. The monoisotopic (exact) mass is 391 g/mol. The molecule has 0 spiro atoms. The molecule has 0 radical (unpaired) electrons. The third-order valence-electron chi connectivity index (χ3n) is 4.46. The van der Waals surface area contributed by atoms with Gasteiger partial charge in [-0.2, -0.15) is 0 Å². The summed E-state index contributed by atoms with van der Waals surface area (Å²) in [6, 6.07) is 10.7. The standard InChI is InChI=1S/C19H22BrNO3/c1-22-17-5-4-12(8-15(17)20)9-16-14-11-19(24-3)18(23-2)10-13(14)6-7-21-16/h4-5,8,10-11,16,21H,6-7,9H2,1-3H3. The molecule has 1 N–H and O–H groups in total. The van der Waals surface area contributed by atoms with Gasteiger partial charge < -0.3 is 19.5 Å². The zero-order chi connectivity index (χ0) is 17.1. The van der Waals surface area contributed by atoms with Crippen molar-refractivity contribution in [2.45, 2.75) is 18.9 Å². The molecule has 1 aliphatic rings. The number of halogens is 1. The Morgan fingerprint density at radius 2 is 1.71 bits per heavy atom. The molecule has 1 atom stereocenters. The Labute approximate surface area is 151 Å². The van der Waals surface area contributed by atoms with E-state index in [9.17, 15) is 0 Å². The fourth-order valence-electron chi connectivity index (χ4n) is 3.22. The van der Waals surface area contributed by atoms with E-state index >= 15 is 0 Å². The molecule has 0 amide bonds. The van der Waals surface area contributed by atoms with Crippen LogP contribution in [0.5, 0.6) is 17.2 Å². The number of nitrogens with one attached hydrogen (secondary N) is 1. The van der Waals surface area contributed by atoms with Crippen molar-refractivity contribution in [2.24, 2.45) is 0 Å². The van der Waals surface area contributed by atoms with Crippen LogP contribution in [0.4, 0.5) is 0 Å². The number of rotatable bonds is 5. The van der Waals surface area contributed by atoms with E-state index < -0.39 is 0 Å². The highest BCUT2D eigenvalue weighted by atomic mass is 79.9. The first kappa shape index (κ1) is 17.1. The van der Waals surface area contributed by atoms with Crippen LogP contribution in [0.1, 0.15) is 22.7 Å². The highest BCUT2D eigenvalue weighted by molar-refractivity contribution is 9.10. The molecular formula is C19H22BrNO3. The molecule has 0 aliphatic carbocycles. The average Bonchev–Trinajstić information content (AvgIpc) is 2.61. The Kier molecular flexibility index (Phi) is 5.31. The molecule has 3 rings (SSSR count). The van der Waals surface area contributed by atoms with Gasteiger partial charge in [0.25, 0.3) is 0 Å². The van der Waals surface area contributed by atoms with E-state index in [1.54, 1.807) is 21.3 Å². The number of hydrogen-bond donors (Lipinski definition) is 1. The molecule has 4 nitrogen and oxygen atoms in total. The van der Waals surface area contributed by atoms with Gasteiger partial charge in [-0.25, -0.2) is 0 Å². The summed E-state index contributed by atoms with van der Waals surface area (Å²) in [6.45, 7) is 0.963. The maximum Gasteiger partial charge on any atom is 0.161 e. The molecule has 128 valence electrons. The Morgan fingerprint density at radius 3 is 2.38 bits per heavy atom. The minimum absolute atomic E-state index is 0.258. The van der Waals surface area contributed by atoms with E-state index in [1.165, 1.54) is 16.7 Å². The molecule has 1 unspecified atom stereocenters. The molecule has 1 aliphatic heterocycles. The number of methoxy groups -OCH3 is 3. The van der Waals surface area contributed by atoms with Gasteiger partial charge in [0.15, 0.2) is 11.5 Å². The van der Waals surface area contributed by atoms with Gasteiger partial charge in [0.2, 0.25) is 0 Å². The lowest BCUT2D eigenvalue weighted by Gasteiger charge is -2.28. The number of ether oxygens (including phenoxy) is 3. The summed E-state index contributed by atoms with van der Waals surface area (Å²) < 4.78 is 17.2. The fourth-order valence-corrected chi connectivity index (χ4v) is 3.81. The second-order valence-electron chi connectivity index (χ2n) is 5.84. The van der Waals surface area contributed by atoms with E-state index in [-0.39, 0.29) is 6.04 Å². The summed E-state index contributed by atoms with van der Waals surface area (Å²) in [5, 5.41) is 3.62. The van der Waals surface area contributed by atoms with Crippen LogP contribution >= 0.6 is 15.9 Å². The van der Waals surface area contributed by atoms with Gasteiger partial charge >= 0.3 is 0 Å². The topological polar surface area (TPSA) is 39.7 Å². The van der Waals surface area contributed by atoms with Gasteiger partial charge in [0.1, 0.15) is 5.75 Å². The van der Waals surface area contributed by atoms with E-state index in [1.807, 2.05) is 6.07 Å². The maximum absolute atomic E-state index is 5.47. The molecule has 1 heterocycles. The van der Waals surface area contributed by atoms with Crippen LogP contribution in [0, 0.1) is 0 Å². The van der Waals surface area contributed by atoms with E-state index in [4.69, 9.17) is 14.2 Å². The largest absolute Gasteiger partial charge is 0.496 e. The van der Waals surface area contributed by atoms with Gasteiger partial charge in [0.05, 0.1) is 25.8 Å². The molecule has 0 saturated heterocycles. The summed E-state index contributed by atoms with van der Waals surface area (Å²) in [6.07, 6.45) is 1.91. The fraction of sp³-hybridized carbons (Fsp3) is 0.368. The molecule has 2 aromatic carbocycles. The van der Waals surface area contributed by atoms with Gasteiger partial charge in [-0.3, -0.25) is 0 Å². The molecule has 0 bridgehead atoms. The predicted octanol–water partition coefficient (Wildman–Crippen LogP) is 3.90. The van der Waals surface area contributed by atoms with Crippen molar-refractivity contribution in [1.82, 2.24) is 5.32 Å². The highest BCUT2D eigenvalue weighted by Crippen LogP contribution is 2.36. The predicted molar refractivity (Wildman–Crippen MR) is 98.4 cm³/mol. The summed E-state index contributed by atoms with van der Waals surface area (Å²) in [7, 11) is 5.03. The van der Waals surface area contributed by atoms with Crippen LogP contribution in [0.3, 0.4) is 0 Å². The Bertz CT molecular complexity index is 733. The lowest BCUT2D eigenvalue weighted by atomic mass is 9.90. The van der Waals surface area contributed by atoms with Gasteiger partial charge in [-0.1, -0.05) is 6.07 Å². The number of fused-ring (bicyclic) bond motifs is 1. The number of hydrogen-bond acceptors (Lipinski definition) is 4. The molecule has 5 heteroatoms. The van der Waals surface area contributed by atoms with Crippen molar-refractivity contribution in [3.05, 3.63) is 51.5 Å². The highest BCUT2D eigenvalue weighted by Gasteiger charge is 2.23. The minimum atomic E-state index is 0.258. The smallest absolute Gasteiger partial charge is 0.161 e. The number of benzene rings is 2. The summed E-state index contributed by atoms with van der Waals surface area (Å²) >= 11 is 3.56. The van der Waals surface area contributed by atoms with Crippen molar-refractivity contribution in [3.63, 3.8) is 0 Å². The van der Waals surface area contributed by atoms with Crippen molar-refractivity contribution >= 4 is 15.9 Å². The SMILES string of the molecule is COc1ccc(CC2NCCc3cc(OC)c(OC)cc32)cc1Br. The van der Waals surface area contributed by atoms with Crippen molar-refractivity contribution in [3.8, 4) is 17.2 Å². The van der Waals surface area contributed by atoms with E-state index in [0.717, 1.165) is 41.1 Å². The Hall–Kier alpha value is -1.72. The van der Waals surface area contributed by atoms with Crippen molar-refractivity contribution in [2.75, 3.05) is 27.9 Å². The molecule has 0 aromatic heterocycles. The summed E-state index contributed by atoms with van der Waals surface area (Å²) in [5.41, 5.74) is 3.86. The first-order valence-corrected chi connectivity index (χ1v) is 8.76. The molecule has 24 heavy (non-hydrogen) atoms. The zero-order valence-corrected chi connectivity index (χ0v) is 15.8. The van der Waals surface area contributed by atoms with E-state index in [2.05, 4.69) is 45.5 Å². The maximum atomic E-state index is 5.47. The van der Waals surface area contributed by atoms with Crippen LogP contribution < -0.4 is 19.5 Å². The van der Waals surface area contributed by atoms with E-state index in [0.29, 0.717) is 0 Å². The molecule has 0 fully saturated rings. The van der Waals surface area contributed by atoms with Crippen LogP contribution in [0.25, 0.3) is 0 Å². The van der Waals surface area contributed by atoms with Crippen LogP contribution in [0.2, 0.25) is 0 Å². The first-order valence-electron chi connectivity index (χ1n) is 7.97. The second-order valence-corrected chi connectivity index (χ2v) is 6.69. The zero-order valence-electron chi connectivity index (χ0n) is 14.2. The average molecular weight is 392 g/mol. The van der Waals surface area contributed by atoms with Crippen LogP contribution in [0.15, 0.2) is 34.8 Å². The normalized spacial score (nSPS) is 16.4. The van der Waals surface area contributed by atoms with Gasteiger partial charge in [0, 0.05) is 6.04 Å². The lowest BCUT2D eigenvalue weighted by Crippen LogP contribution is -2.31. The Morgan fingerprint density at radius 1 is 1.00 bits per heavy atom. The van der Waals surface area contributed by atoms with Crippen molar-refractivity contribution < 1.29 is 14.2 Å². The van der Waals surface area contributed by atoms with Crippen LogP contribution in [-0.2, 0) is 12.8 Å². The van der Waals surface area contributed by atoms with Crippen molar-refractivity contribution in [1.29, 1.82) is 0 Å². The minimum Gasteiger partial charge on any atom is -0.496 e. The molecule has 2 aromatic rings. The Balaban J connectivity index is 1.90. The lowest BCUT2D eigenvalue weighted by molar-refractivity contribution is 0.352. The first-order chi connectivity index (χ1) is 11.7. The summed E-state index contributed by atoms with van der Waals surface area (Å²) in [4.78, 5) is 0.